The van der Waals surface area contributed by atoms with Crippen molar-refractivity contribution in [1.29, 1.82) is 0 Å². The first-order valence-corrected chi connectivity index (χ1v) is 19.8. The highest BCUT2D eigenvalue weighted by Gasteiger charge is 2.33. The monoisotopic (exact) mass is 700 g/mol. The largest absolute Gasteiger partial charge is 0.347 e. The van der Waals surface area contributed by atoms with Gasteiger partial charge < -0.3 is 19.3 Å². The van der Waals surface area contributed by atoms with Crippen LogP contribution in [0.4, 0.5) is 0 Å². The Morgan fingerprint density at radius 2 is 1.52 bits per heavy atom. The summed E-state index contributed by atoms with van der Waals surface area (Å²) in [7, 11) is 6.37. The van der Waals surface area contributed by atoms with Gasteiger partial charge in [-0.05, 0) is 130 Å². The fourth-order valence-corrected chi connectivity index (χ4v) is 8.42. The number of hydrogen-bond donors (Lipinski definition) is 0. The maximum Gasteiger partial charge on any atom is 0.255 e. The second kappa shape index (κ2) is 16.7. The molecule has 0 N–H and O–H groups in total. The molecule has 6 rings (SSSR count). The van der Waals surface area contributed by atoms with Gasteiger partial charge in [0.1, 0.15) is 0 Å². The second-order valence-electron chi connectivity index (χ2n) is 15.7. The number of rotatable bonds is 13. The molecule has 3 aromatic carbocycles. The summed E-state index contributed by atoms with van der Waals surface area (Å²) in [5.74, 6) is 0.238. The van der Waals surface area contributed by atoms with E-state index < -0.39 is 0 Å². The molecule has 0 spiro atoms. The third kappa shape index (κ3) is 8.07. The molecule has 1 aromatic heterocycles. The van der Waals surface area contributed by atoms with Gasteiger partial charge in [0.15, 0.2) is 0 Å². The van der Waals surface area contributed by atoms with Crippen molar-refractivity contribution in [1.82, 2.24) is 19.3 Å². The zero-order valence-electron chi connectivity index (χ0n) is 32.9. The zero-order valence-corrected chi connectivity index (χ0v) is 32.9. The lowest BCUT2D eigenvalue weighted by molar-refractivity contribution is -0.131. The number of aromatic nitrogens is 1. The molecule has 0 radical (unpaired) electrons. The van der Waals surface area contributed by atoms with Crippen molar-refractivity contribution in [2.45, 2.75) is 111 Å². The molecule has 0 unspecified atom stereocenters. The van der Waals surface area contributed by atoms with Gasteiger partial charge in [0.25, 0.3) is 5.91 Å². The number of likely N-dealkylation sites (N-methyl/N-ethyl adjacent to an activating group) is 1. The number of fused-ring (bicyclic) bond motifs is 2. The van der Waals surface area contributed by atoms with Crippen LogP contribution in [-0.4, -0.2) is 64.3 Å². The fourth-order valence-electron chi connectivity index (χ4n) is 8.42. The summed E-state index contributed by atoms with van der Waals surface area (Å²) >= 11 is 0. The van der Waals surface area contributed by atoms with Gasteiger partial charge in [-0.2, -0.15) is 0 Å². The third-order valence-corrected chi connectivity index (χ3v) is 11.6. The van der Waals surface area contributed by atoms with Crippen LogP contribution in [-0.2, 0) is 63.5 Å². The predicted molar refractivity (Wildman–Crippen MR) is 214 cm³/mol. The molecule has 0 fully saturated rings. The first-order chi connectivity index (χ1) is 25.1. The van der Waals surface area contributed by atoms with Crippen LogP contribution in [0, 0.1) is 6.92 Å². The van der Waals surface area contributed by atoms with E-state index in [1.165, 1.54) is 44.8 Å². The number of benzene rings is 3. The molecule has 4 aromatic rings. The van der Waals surface area contributed by atoms with Crippen molar-refractivity contribution in [2.75, 3.05) is 27.2 Å². The average molecular weight is 701 g/mol. The van der Waals surface area contributed by atoms with Crippen LogP contribution in [0.2, 0.25) is 0 Å². The molecular formula is C46H60N4O2. The van der Waals surface area contributed by atoms with Crippen LogP contribution in [0.15, 0.2) is 60.7 Å². The summed E-state index contributed by atoms with van der Waals surface area (Å²) in [6.07, 6.45) is 9.66. The molecule has 2 aliphatic rings. The minimum atomic E-state index is 0.0904. The Balaban J connectivity index is 1.38. The van der Waals surface area contributed by atoms with E-state index in [0.717, 1.165) is 86.6 Å². The highest BCUT2D eigenvalue weighted by Crippen LogP contribution is 2.39. The molecule has 6 heteroatoms. The smallest absolute Gasteiger partial charge is 0.255 e. The van der Waals surface area contributed by atoms with Gasteiger partial charge in [0.2, 0.25) is 5.91 Å². The van der Waals surface area contributed by atoms with Crippen LogP contribution in [0.5, 0.6) is 0 Å². The van der Waals surface area contributed by atoms with E-state index in [4.69, 9.17) is 0 Å². The van der Waals surface area contributed by atoms with Crippen LogP contribution < -0.4 is 0 Å². The topological polar surface area (TPSA) is 48.8 Å². The molecule has 1 atom stereocenters. The number of nitrogens with zero attached hydrogens (tertiary/aromatic N) is 4. The van der Waals surface area contributed by atoms with Gasteiger partial charge in [-0.3, -0.25) is 9.59 Å². The van der Waals surface area contributed by atoms with Crippen molar-refractivity contribution in [2.24, 2.45) is 7.05 Å². The number of amides is 2. The standard InChI is InChI=1S/C46H60N4O2/c1-8-10-19-40-33(4)48(7)45(41(40)20-11-9-2)42-28-37-22-24-49(44(51)27-35-16-14-15-34(26-35)21-23-47(5)6)30-39(37)29-43(42)46(52)50-31-38-18-13-12-17-36(38)25-32(50)3/h12-18,26,28-29,32H,8-11,19-25,27,30-31H2,1-7H3/t32-/m1/s1. The summed E-state index contributed by atoms with van der Waals surface area (Å²) in [6, 6.07) is 21.6. The third-order valence-electron chi connectivity index (χ3n) is 11.6. The Morgan fingerprint density at radius 1 is 0.808 bits per heavy atom. The first-order valence-electron chi connectivity index (χ1n) is 19.8. The molecule has 6 nitrogen and oxygen atoms in total. The first kappa shape index (κ1) is 37.6. The van der Waals surface area contributed by atoms with Crippen LogP contribution in [0.1, 0.15) is 107 Å². The van der Waals surface area contributed by atoms with Crippen molar-refractivity contribution in [3.05, 3.63) is 116 Å². The average Bonchev–Trinajstić information content (AvgIpc) is 3.38. The van der Waals surface area contributed by atoms with Crippen LogP contribution in [0.25, 0.3) is 11.3 Å². The lowest BCUT2D eigenvalue weighted by Crippen LogP contribution is -2.43. The Hall–Kier alpha value is -4.16. The van der Waals surface area contributed by atoms with Crippen molar-refractivity contribution < 1.29 is 9.59 Å². The highest BCUT2D eigenvalue weighted by atomic mass is 16.2. The quantitative estimate of drug-likeness (QED) is 0.141. The maximum absolute atomic E-state index is 15.0. The van der Waals surface area contributed by atoms with E-state index in [9.17, 15) is 4.79 Å². The fraction of sp³-hybridized carbons (Fsp3) is 0.478. The summed E-state index contributed by atoms with van der Waals surface area (Å²) in [6.45, 7) is 11.8. The van der Waals surface area contributed by atoms with Crippen molar-refractivity contribution in [3.8, 4) is 11.3 Å². The summed E-state index contributed by atoms with van der Waals surface area (Å²) in [5, 5.41) is 0. The van der Waals surface area contributed by atoms with Gasteiger partial charge in [0, 0.05) is 56.1 Å². The van der Waals surface area contributed by atoms with Gasteiger partial charge in [-0.1, -0.05) is 75.2 Å². The normalized spacial score (nSPS) is 15.6. The number of carbonyl (C=O) groups is 2. The number of hydrogen-bond acceptors (Lipinski definition) is 3. The summed E-state index contributed by atoms with van der Waals surface area (Å²) < 4.78 is 2.37. The molecule has 2 amide bonds. The lowest BCUT2D eigenvalue weighted by atomic mass is 9.87. The lowest BCUT2D eigenvalue weighted by Gasteiger charge is -2.36. The van der Waals surface area contributed by atoms with Crippen LogP contribution >= 0.6 is 0 Å². The molecule has 0 saturated carbocycles. The molecule has 2 aliphatic heterocycles. The Kier molecular flexibility index (Phi) is 12.1. The zero-order chi connectivity index (χ0) is 36.9. The Morgan fingerprint density at radius 3 is 2.25 bits per heavy atom. The Labute approximate surface area is 312 Å². The molecule has 0 aliphatic carbocycles. The van der Waals surface area contributed by atoms with E-state index in [0.29, 0.717) is 26.1 Å². The number of carbonyl (C=O) groups excluding carboxylic acids is 2. The predicted octanol–water partition coefficient (Wildman–Crippen LogP) is 8.50. The van der Waals surface area contributed by atoms with E-state index in [1.54, 1.807) is 0 Å². The Bertz CT molecular complexity index is 1900. The molecule has 0 saturated heterocycles. The molecule has 0 bridgehead atoms. The minimum Gasteiger partial charge on any atom is -0.347 e. The van der Waals surface area contributed by atoms with Gasteiger partial charge in [-0.15, -0.1) is 0 Å². The molecule has 276 valence electrons. The van der Waals surface area contributed by atoms with Crippen molar-refractivity contribution >= 4 is 11.8 Å². The maximum atomic E-state index is 15.0. The van der Waals surface area contributed by atoms with Gasteiger partial charge >= 0.3 is 0 Å². The van der Waals surface area contributed by atoms with Gasteiger partial charge in [0.05, 0.1) is 12.1 Å². The van der Waals surface area contributed by atoms with Crippen molar-refractivity contribution in [3.63, 3.8) is 0 Å². The molecule has 52 heavy (non-hydrogen) atoms. The van der Waals surface area contributed by atoms with Crippen LogP contribution in [0.3, 0.4) is 0 Å². The van der Waals surface area contributed by atoms with E-state index >= 15 is 4.79 Å². The van der Waals surface area contributed by atoms with E-state index in [2.05, 4.69) is 124 Å². The molecule has 3 heterocycles. The molecular weight excluding hydrogens is 641 g/mol. The summed E-state index contributed by atoms with van der Waals surface area (Å²) in [4.78, 5) is 35.1. The SMILES string of the molecule is CCCCc1c(CCCC)c(-c2cc3c(cc2C(=O)N2Cc4ccccc4C[C@H]2C)CN(C(=O)Cc2cccc(CCN(C)C)c2)CC3)n(C)c1C. The summed E-state index contributed by atoms with van der Waals surface area (Å²) in [5.41, 5.74) is 14.5. The number of unbranched alkanes of at least 4 members (excludes halogenated alkanes) is 2. The van der Waals surface area contributed by atoms with Gasteiger partial charge in [-0.25, -0.2) is 0 Å². The second-order valence-corrected chi connectivity index (χ2v) is 15.7. The highest BCUT2D eigenvalue weighted by molar-refractivity contribution is 6.02. The van der Waals surface area contributed by atoms with E-state index in [1.807, 2.05) is 4.90 Å². The minimum absolute atomic E-state index is 0.0904. The van der Waals surface area contributed by atoms with E-state index in [-0.39, 0.29) is 17.9 Å².